The molecule has 0 amide bonds. The van der Waals surface area contributed by atoms with Crippen molar-refractivity contribution in [1.29, 1.82) is 0 Å². The monoisotopic (exact) mass is 786 g/mol. The van der Waals surface area contributed by atoms with Gasteiger partial charge in [0.15, 0.2) is 12.6 Å². The van der Waals surface area contributed by atoms with Crippen LogP contribution in [0.5, 0.6) is 0 Å². The third-order valence-corrected chi connectivity index (χ3v) is 17.0. The third kappa shape index (κ3) is 6.50. The van der Waals surface area contributed by atoms with Gasteiger partial charge in [-0.15, -0.1) is 0 Å². The molecule has 55 heavy (non-hydrogen) atoms. The van der Waals surface area contributed by atoms with Gasteiger partial charge < -0.3 is 69.6 Å². The fourth-order valence-corrected chi connectivity index (χ4v) is 13.9. The molecule has 7 fully saturated rings. The molecule has 7 rings (SSSR count). The lowest BCUT2D eigenvalue weighted by Gasteiger charge is -2.72. The van der Waals surface area contributed by atoms with Crippen LogP contribution in [0.1, 0.15) is 107 Å². The Hall–Kier alpha value is -0.560. The van der Waals surface area contributed by atoms with Gasteiger partial charge in [0, 0.05) is 0 Å². The molecule has 0 bridgehead atoms. The molecule has 21 atom stereocenters. The van der Waals surface area contributed by atoms with E-state index in [0.29, 0.717) is 25.7 Å². The molecule has 4 saturated carbocycles. The number of hydrogen-bond donors (Lipinski definition) is 9. The van der Waals surface area contributed by atoms with Crippen molar-refractivity contribution in [1.82, 2.24) is 0 Å². The molecule has 0 spiro atoms. The van der Waals surface area contributed by atoms with Crippen LogP contribution in [0.15, 0.2) is 0 Å². The van der Waals surface area contributed by atoms with Crippen LogP contribution in [0.2, 0.25) is 0 Å². The summed E-state index contributed by atoms with van der Waals surface area (Å²) in [7, 11) is 0. The van der Waals surface area contributed by atoms with Crippen LogP contribution in [-0.2, 0) is 23.7 Å². The summed E-state index contributed by atoms with van der Waals surface area (Å²) in [5.74, 6) is -0.233. The largest absolute Gasteiger partial charge is 0.394 e. The molecule has 318 valence electrons. The lowest BCUT2D eigenvalue weighted by atomic mass is 9.34. The Morgan fingerprint density at radius 2 is 1.44 bits per heavy atom. The summed E-state index contributed by atoms with van der Waals surface area (Å²) in [4.78, 5) is 0. The highest BCUT2D eigenvalue weighted by atomic mass is 16.8. The highest BCUT2D eigenvalue weighted by Gasteiger charge is 2.74. The van der Waals surface area contributed by atoms with E-state index < -0.39 is 108 Å². The molecule has 0 radical (unpaired) electrons. The Bertz CT molecular complexity index is 1390. The summed E-state index contributed by atoms with van der Waals surface area (Å²) in [5, 5.41) is 98.7. The fourth-order valence-electron chi connectivity index (χ4n) is 13.9. The van der Waals surface area contributed by atoms with Gasteiger partial charge in [-0.25, -0.2) is 0 Å². The minimum Gasteiger partial charge on any atom is -0.394 e. The first kappa shape index (κ1) is 42.6. The van der Waals surface area contributed by atoms with E-state index in [9.17, 15) is 46.0 Å². The summed E-state index contributed by atoms with van der Waals surface area (Å²) in [6.45, 7) is 15.8. The number of ether oxygens (including phenoxy) is 5. The molecule has 7 aliphatic rings. The van der Waals surface area contributed by atoms with E-state index in [4.69, 9.17) is 23.7 Å². The molecule has 3 aliphatic heterocycles. The molecule has 14 nitrogen and oxygen atoms in total. The van der Waals surface area contributed by atoms with Gasteiger partial charge >= 0.3 is 0 Å². The molecule has 0 aromatic carbocycles. The van der Waals surface area contributed by atoms with Crippen LogP contribution in [0.4, 0.5) is 0 Å². The molecular weight excluding hydrogens is 716 g/mol. The number of hydrogen-bond acceptors (Lipinski definition) is 14. The Balaban J connectivity index is 1.25. The Morgan fingerprint density at radius 1 is 0.745 bits per heavy atom. The average molecular weight is 787 g/mol. The van der Waals surface area contributed by atoms with Crippen LogP contribution in [-0.4, -0.2) is 150 Å². The summed E-state index contributed by atoms with van der Waals surface area (Å²) < 4.78 is 31.6. The molecule has 0 aromatic heterocycles. The van der Waals surface area contributed by atoms with Gasteiger partial charge in [0.05, 0.1) is 48.8 Å². The normalized spacial score (nSPS) is 56.8. The van der Waals surface area contributed by atoms with Gasteiger partial charge in [-0.1, -0.05) is 34.6 Å². The van der Waals surface area contributed by atoms with Gasteiger partial charge in [0.1, 0.15) is 42.7 Å². The summed E-state index contributed by atoms with van der Waals surface area (Å²) in [6, 6.07) is 0. The highest BCUT2D eigenvalue weighted by molar-refractivity contribution is 5.22. The van der Waals surface area contributed by atoms with Gasteiger partial charge in [-0.05, 0) is 117 Å². The minimum absolute atomic E-state index is 0.0590. The lowest BCUT2D eigenvalue weighted by molar-refractivity contribution is -0.377. The standard InChI is InChI=1S/C41H70O14/c1-36(2)25(45)10-12-38(5)24-15-20(43)27-19(41(8)14-11-26(55-41)37(3,4)50)9-13-39(27,6)40(24,7)16-22(33(36)38)52-35-32(30(48)29(47)23(17-42)53-35)54-34-31(49)28(46)21(44)18-51-34/h19-35,42-50H,9-18H2,1-8H3/t19?,20-,21-,22+,23-,24-,25+,26-,27+,28+,29-,30+,31-,32-,33+,34+,35-,38-,39-,40-,41+/m1/s1. The molecule has 0 aromatic rings. The predicted molar refractivity (Wildman–Crippen MR) is 196 cm³/mol. The quantitative estimate of drug-likeness (QED) is 0.164. The number of rotatable bonds is 7. The van der Waals surface area contributed by atoms with Crippen molar-refractivity contribution in [2.24, 2.45) is 45.3 Å². The molecular formula is C41H70O14. The maximum Gasteiger partial charge on any atom is 0.187 e. The molecule has 9 N–H and O–H groups in total. The molecule has 14 heteroatoms. The van der Waals surface area contributed by atoms with Crippen molar-refractivity contribution in [2.75, 3.05) is 13.2 Å². The van der Waals surface area contributed by atoms with Crippen LogP contribution in [0.3, 0.4) is 0 Å². The fraction of sp³-hybridized carbons (Fsp3) is 1.00. The van der Waals surface area contributed by atoms with E-state index in [0.717, 1.165) is 25.7 Å². The Kier molecular flexibility index (Phi) is 11.1. The second kappa shape index (κ2) is 14.3. The number of aliphatic hydroxyl groups is 9. The van der Waals surface area contributed by atoms with Crippen LogP contribution < -0.4 is 0 Å². The second-order valence-electron chi connectivity index (χ2n) is 20.8. The summed E-state index contributed by atoms with van der Waals surface area (Å²) >= 11 is 0. The van der Waals surface area contributed by atoms with E-state index in [2.05, 4.69) is 41.5 Å². The first-order valence-corrected chi connectivity index (χ1v) is 20.8. The topological polar surface area (TPSA) is 228 Å². The van der Waals surface area contributed by atoms with Crippen molar-refractivity contribution in [2.45, 2.75) is 198 Å². The molecule has 3 saturated heterocycles. The molecule has 3 heterocycles. The van der Waals surface area contributed by atoms with Crippen molar-refractivity contribution in [3.8, 4) is 0 Å². The van der Waals surface area contributed by atoms with Gasteiger partial charge in [0.2, 0.25) is 0 Å². The first-order chi connectivity index (χ1) is 25.4. The zero-order valence-electron chi connectivity index (χ0n) is 34.0. The maximum absolute atomic E-state index is 12.4. The first-order valence-electron chi connectivity index (χ1n) is 20.8. The summed E-state index contributed by atoms with van der Waals surface area (Å²) in [6.07, 6.45) is -9.89. The smallest absolute Gasteiger partial charge is 0.187 e. The number of fused-ring (bicyclic) bond motifs is 5. The van der Waals surface area contributed by atoms with E-state index in [1.165, 1.54) is 0 Å². The number of aliphatic hydroxyl groups excluding tert-OH is 8. The SMILES string of the molecule is CC(C)(O)[C@H]1CC[C@@](C)(C2CC[C@]3(C)[C@@H]2[C@H](O)C[C@@H]2[C@@]4(C)CC[C@H](O)C(C)(C)[C@@H]4[C@@H](O[C@@H]4O[C@H](CO)[C@@H](O)[C@H](O)[C@H]4O[C@@H]4OC[C@@H](O)[C@H](O)[C@H]4O)C[C@]23C)O1. The zero-order valence-corrected chi connectivity index (χ0v) is 34.0. The lowest BCUT2D eigenvalue weighted by Crippen LogP contribution is -2.71. The van der Waals surface area contributed by atoms with Gasteiger partial charge in [0.25, 0.3) is 0 Å². The van der Waals surface area contributed by atoms with E-state index in [1.807, 2.05) is 0 Å². The van der Waals surface area contributed by atoms with Gasteiger partial charge in [-0.2, -0.15) is 0 Å². The predicted octanol–water partition coefficient (Wildman–Crippen LogP) is 0.970. The van der Waals surface area contributed by atoms with Crippen molar-refractivity contribution < 1.29 is 69.6 Å². The zero-order chi connectivity index (χ0) is 40.4. The van der Waals surface area contributed by atoms with Crippen LogP contribution in [0.25, 0.3) is 0 Å². The van der Waals surface area contributed by atoms with E-state index in [-0.39, 0.29) is 41.8 Å². The van der Waals surface area contributed by atoms with Crippen LogP contribution in [0, 0.1) is 45.3 Å². The summed E-state index contributed by atoms with van der Waals surface area (Å²) in [5.41, 5.74) is -3.33. The van der Waals surface area contributed by atoms with Crippen LogP contribution >= 0.6 is 0 Å². The second-order valence-corrected chi connectivity index (χ2v) is 20.8. The van der Waals surface area contributed by atoms with E-state index >= 15 is 0 Å². The van der Waals surface area contributed by atoms with Crippen molar-refractivity contribution in [3.63, 3.8) is 0 Å². The van der Waals surface area contributed by atoms with Crippen molar-refractivity contribution in [3.05, 3.63) is 0 Å². The van der Waals surface area contributed by atoms with Gasteiger partial charge in [-0.3, -0.25) is 0 Å². The van der Waals surface area contributed by atoms with E-state index in [1.54, 1.807) is 13.8 Å². The minimum atomic E-state index is -1.68. The third-order valence-electron chi connectivity index (χ3n) is 17.0. The Labute approximate surface area is 325 Å². The highest BCUT2D eigenvalue weighted by Crippen LogP contribution is 2.76. The van der Waals surface area contributed by atoms with Crippen molar-refractivity contribution >= 4 is 0 Å². The Morgan fingerprint density at radius 3 is 2.07 bits per heavy atom. The maximum atomic E-state index is 12.4. The molecule has 4 aliphatic carbocycles. The average Bonchev–Trinajstić information content (AvgIpc) is 3.70. The molecule has 1 unspecified atom stereocenters.